The number of allylic oxidation sites excluding steroid dienone is 4. The summed E-state index contributed by atoms with van der Waals surface area (Å²) in [5.41, 5.74) is 0. The van der Waals surface area contributed by atoms with E-state index in [0.29, 0.717) is 25.9 Å². The van der Waals surface area contributed by atoms with Gasteiger partial charge in [-0.15, -0.1) is 0 Å². The maximum absolute atomic E-state index is 12.5. The molecule has 372 valence electrons. The third-order valence-corrected chi connectivity index (χ3v) is 13.0. The summed E-state index contributed by atoms with van der Waals surface area (Å²) in [4.78, 5) is 24.5. The minimum absolute atomic E-state index is 0.00443. The van der Waals surface area contributed by atoms with Crippen molar-refractivity contribution < 1.29 is 24.5 Å². The first-order valence-corrected chi connectivity index (χ1v) is 28.1. The van der Waals surface area contributed by atoms with Gasteiger partial charge in [0.2, 0.25) is 5.91 Å². The molecule has 6 nitrogen and oxygen atoms in total. The van der Waals surface area contributed by atoms with Gasteiger partial charge in [0, 0.05) is 12.8 Å². The number of aliphatic hydroxyl groups excluding tert-OH is 2. The first-order chi connectivity index (χ1) is 31.0. The molecule has 0 aliphatic carbocycles. The lowest BCUT2D eigenvalue weighted by Crippen LogP contribution is -2.45. The second-order valence-corrected chi connectivity index (χ2v) is 19.3. The van der Waals surface area contributed by atoms with Gasteiger partial charge in [0.1, 0.15) is 0 Å². The normalized spacial score (nSPS) is 12.8. The molecule has 0 radical (unpaired) electrons. The van der Waals surface area contributed by atoms with Crippen LogP contribution in [0.15, 0.2) is 24.3 Å². The van der Waals surface area contributed by atoms with E-state index < -0.39 is 12.1 Å². The number of nitrogens with one attached hydrogen (secondary N) is 1. The number of carbonyl (C=O) groups is 2. The largest absolute Gasteiger partial charge is 0.466 e. The molecule has 0 fully saturated rings. The molecule has 0 heterocycles. The van der Waals surface area contributed by atoms with Crippen molar-refractivity contribution in [2.45, 2.75) is 315 Å². The van der Waals surface area contributed by atoms with Crippen LogP contribution in [0.25, 0.3) is 0 Å². The van der Waals surface area contributed by atoms with Crippen LogP contribution in [-0.2, 0) is 14.3 Å². The molecular formula is C57H109NO5. The van der Waals surface area contributed by atoms with E-state index in [4.69, 9.17) is 4.74 Å². The second kappa shape index (κ2) is 53.0. The maximum atomic E-state index is 12.5. The van der Waals surface area contributed by atoms with Crippen LogP contribution in [-0.4, -0.2) is 47.4 Å². The van der Waals surface area contributed by atoms with E-state index in [1.54, 1.807) is 0 Å². The van der Waals surface area contributed by atoms with Crippen LogP contribution in [0.1, 0.15) is 303 Å². The fraction of sp³-hybridized carbons (Fsp3) is 0.895. The standard InChI is InChI=1S/C57H109NO5/c1-3-5-7-9-11-13-15-17-18-19-23-27-31-35-39-43-47-51-57(62)63-52-48-44-40-36-32-28-24-21-20-22-26-30-34-38-42-46-50-56(61)58-54(53-59)55(60)49-45-41-37-33-29-25-16-14-12-10-8-6-4-2/h11,13,17-18,54-55,59-60H,3-10,12,14-16,19-53H2,1-2H3,(H,58,61)/b13-11-,18-17-. The van der Waals surface area contributed by atoms with E-state index in [1.165, 1.54) is 218 Å². The van der Waals surface area contributed by atoms with Crippen molar-refractivity contribution in [3.05, 3.63) is 24.3 Å². The van der Waals surface area contributed by atoms with Gasteiger partial charge in [0.15, 0.2) is 0 Å². The van der Waals surface area contributed by atoms with Crippen molar-refractivity contribution in [1.29, 1.82) is 0 Å². The minimum Gasteiger partial charge on any atom is -0.466 e. The Balaban J connectivity index is 3.41. The van der Waals surface area contributed by atoms with E-state index in [-0.39, 0.29) is 18.5 Å². The zero-order valence-corrected chi connectivity index (χ0v) is 42.3. The Kier molecular flexibility index (Phi) is 51.6. The predicted molar refractivity (Wildman–Crippen MR) is 273 cm³/mol. The van der Waals surface area contributed by atoms with Gasteiger partial charge in [-0.2, -0.15) is 0 Å². The first kappa shape index (κ1) is 61.3. The summed E-state index contributed by atoms with van der Waals surface area (Å²) >= 11 is 0. The highest BCUT2D eigenvalue weighted by molar-refractivity contribution is 5.76. The monoisotopic (exact) mass is 888 g/mol. The summed E-state index contributed by atoms with van der Waals surface area (Å²) in [7, 11) is 0. The SMILES string of the molecule is CCCCC/C=C\C/C=C\CCCCCCCCCC(=O)OCCCCCCCCCCCCCCCCCCC(=O)NC(CO)C(O)CCCCCCCCCCCCCCC. The van der Waals surface area contributed by atoms with E-state index >= 15 is 0 Å². The first-order valence-electron chi connectivity index (χ1n) is 28.1. The van der Waals surface area contributed by atoms with Crippen molar-refractivity contribution in [3.63, 3.8) is 0 Å². The maximum Gasteiger partial charge on any atom is 0.305 e. The molecule has 2 unspecified atom stereocenters. The summed E-state index contributed by atoms with van der Waals surface area (Å²) in [6, 6.07) is -0.546. The summed E-state index contributed by atoms with van der Waals surface area (Å²) in [5.74, 6) is -0.0460. The Labute approximate surface area is 392 Å². The molecule has 0 spiro atoms. The molecule has 2 atom stereocenters. The van der Waals surface area contributed by atoms with Crippen LogP contribution in [0.2, 0.25) is 0 Å². The Morgan fingerprint density at radius 2 is 0.794 bits per heavy atom. The van der Waals surface area contributed by atoms with Crippen LogP contribution in [0, 0.1) is 0 Å². The molecule has 63 heavy (non-hydrogen) atoms. The molecule has 0 saturated heterocycles. The summed E-state index contributed by atoms with van der Waals surface area (Å²) < 4.78 is 5.48. The van der Waals surface area contributed by atoms with Crippen LogP contribution in [0.3, 0.4) is 0 Å². The molecule has 1 amide bonds. The molecule has 0 aliphatic heterocycles. The fourth-order valence-corrected chi connectivity index (χ4v) is 8.67. The molecule has 0 bridgehead atoms. The Morgan fingerprint density at radius 3 is 1.24 bits per heavy atom. The Hall–Kier alpha value is -1.66. The van der Waals surface area contributed by atoms with Gasteiger partial charge >= 0.3 is 5.97 Å². The molecule has 0 aromatic heterocycles. The molecule has 6 heteroatoms. The third-order valence-electron chi connectivity index (χ3n) is 13.0. The van der Waals surface area contributed by atoms with Gasteiger partial charge in [-0.05, 0) is 57.8 Å². The Bertz CT molecular complexity index is 982. The lowest BCUT2D eigenvalue weighted by molar-refractivity contribution is -0.143. The van der Waals surface area contributed by atoms with Crippen molar-refractivity contribution in [2.24, 2.45) is 0 Å². The zero-order chi connectivity index (χ0) is 45.8. The van der Waals surface area contributed by atoms with E-state index in [9.17, 15) is 19.8 Å². The van der Waals surface area contributed by atoms with Crippen LogP contribution in [0.5, 0.6) is 0 Å². The lowest BCUT2D eigenvalue weighted by atomic mass is 10.0. The molecule has 0 aliphatic rings. The van der Waals surface area contributed by atoms with E-state index in [0.717, 1.165) is 51.4 Å². The number of unbranched alkanes of at least 4 members (excludes halogenated alkanes) is 37. The topological polar surface area (TPSA) is 95.9 Å². The molecule has 3 N–H and O–H groups in total. The molecule has 0 aromatic rings. The van der Waals surface area contributed by atoms with Gasteiger partial charge in [0.05, 0.1) is 25.4 Å². The van der Waals surface area contributed by atoms with Gasteiger partial charge in [0.25, 0.3) is 0 Å². The van der Waals surface area contributed by atoms with Gasteiger partial charge in [-0.1, -0.05) is 256 Å². The highest BCUT2D eigenvalue weighted by Crippen LogP contribution is 2.17. The average molecular weight is 889 g/mol. The van der Waals surface area contributed by atoms with Crippen molar-refractivity contribution >= 4 is 11.9 Å². The average Bonchev–Trinajstić information content (AvgIpc) is 3.28. The lowest BCUT2D eigenvalue weighted by Gasteiger charge is -2.22. The fourth-order valence-electron chi connectivity index (χ4n) is 8.67. The third kappa shape index (κ3) is 49.6. The number of rotatable bonds is 52. The van der Waals surface area contributed by atoms with E-state index in [2.05, 4.69) is 43.5 Å². The smallest absolute Gasteiger partial charge is 0.305 e. The number of hydrogen-bond acceptors (Lipinski definition) is 5. The molecule has 0 rings (SSSR count). The summed E-state index contributed by atoms with van der Waals surface area (Å²) in [5, 5.41) is 23.2. The summed E-state index contributed by atoms with van der Waals surface area (Å²) in [6.07, 6.45) is 63.0. The van der Waals surface area contributed by atoms with Crippen LogP contribution >= 0.6 is 0 Å². The van der Waals surface area contributed by atoms with Gasteiger partial charge < -0.3 is 20.3 Å². The number of esters is 1. The quantitative estimate of drug-likeness (QED) is 0.0321. The molecular weight excluding hydrogens is 779 g/mol. The van der Waals surface area contributed by atoms with Crippen LogP contribution < -0.4 is 5.32 Å². The van der Waals surface area contributed by atoms with Crippen molar-refractivity contribution in [3.8, 4) is 0 Å². The van der Waals surface area contributed by atoms with E-state index in [1.807, 2.05) is 0 Å². The van der Waals surface area contributed by atoms with Gasteiger partial charge in [-0.3, -0.25) is 9.59 Å². The summed E-state index contributed by atoms with van der Waals surface area (Å²) in [6.45, 7) is 4.92. The highest BCUT2D eigenvalue weighted by atomic mass is 16.5. The second-order valence-electron chi connectivity index (χ2n) is 19.3. The molecule has 0 aromatic carbocycles. The van der Waals surface area contributed by atoms with Crippen LogP contribution in [0.4, 0.5) is 0 Å². The minimum atomic E-state index is -0.668. The Morgan fingerprint density at radius 1 is 0.444 bits per heavy atom. The number of ether oxygens (including phenoxy) is 1. The van der Waals surface area contributed by atoms with Crippen molar-refractivity contribution in [2.75, 3.05) is 13.2 Å². The highest BCUT2D eigenvalue weighted by Gasteiger charge is 2.20. The molecule has 0 saturated carbocycles. The van der Waals surface area contributed by atoms with Gasteiger partial charge in [-0.25, -0.2) is 0 Å². The predicted octanol–water partition coefficient (Wildman–Crippen LogP) is 17.1. The zero-order valence-electron chi connectivity index (χ0n) is 42.3. The number of aliphatic hydroxyl groups is 2. The van der Waals surface area contributed by atoms with Crippen molar-refractivity contribution in [1.82, 2.24) is 5.32 Å². The number of amides is 1. The number of carbonyl (C=O) groups excluding carboxylic acids is 2. The number of hydrogen-bond donors (Lipinski definition) is 3.